The van der Waals surface area contributed by atoms with Crippen LogP contribution in [-0.2, 0) is 17.7 Å². The van der Waals surface area contributed by atoms with Gasteiger partial charge in [-0.15, -0.1) is 0 Å². The van der Waals surface area contributed by atoms with Crippen LogP contribution in [0.4, 0.5) is 5.69 Å². The van der Waals surface area contributed by atoms with Crippen molar-refractivity contribution in [2.45, 2.75) is 58.6 Å². The Bertz CT molecular complexity index is 2120. The van der Waals surface area contributed by atoms with Gasteiger partial charge in [-0.1, -0.05) is 35.9 Å². The molecule has 2 aromatic carbocycles. The van der Waals surface area contributed by atoms with Crippen molar-refractivity contribution in [1.29, 1.82) is 0 Å². The molecule has 3 N–H and O–H groups in total. The zero-order valence-corrected chi connectivity index (χ0v) is 28.8. The van der Waals surface area contributed by atoms with Crippen LogP contribution in [0, 0.1) is 6.92 Å². The van der Waals surface area contributed by atoms with Gasteiger partial charge in [0.1, 0.15) is 22.6 Å². The molecule has 12 nitrogen and oxygen atoms in total. The normalized spacial score (nSPS) is 13.8. The van der Waals surface area contributed by atoms with E-state index in [0.717, 1.165) is 35.1 Å². The fraction of sp³-hybridized carbons (Fsp3) is 0.270. The van der Waals surface area contributed by atoms with Gasteiger partial charge in [0.15, 0.2) is 5.65 Å². The molecule has 50 heavy (non-hydrogen) atoms. The molecule has 3 aromatic heterocycles. The summed E-state index contributed by atoms with van der Waals surface area (Å²) in [5.41, 5.74) is 4.10. The van der Waals surface area contributed by atoms with E-state index >= 15 is 0 Å². The number of aromatic nitrogens is 4. The highest BCUT2D eigenvalue weighted by Gasteiger charge is 2.29. The third kappa shape index (κ3) is 7.35. The molecule has 1 aliphatic carbocycles. The average Bonchev–Trinajstić information content (AvgIpc) is 3.71. The Morgan fingerprint density at radius 1 is 0.960 bits per heavy atom. The maximum Gasteiger partial charge on any atom is 0.338 e. The number of para-hydroxylation sites is 1. The predicted octanol–water partition coefficient (Wildman–Crippen LogP) is 5.68. The molecule has 0 aliphatic heterocycles. The summed E-state index contributed by atoms with van der Waals surface area (Å²) >= 11 is 6.26. The van der Waals surface area contributed by atoms with E-state index in [2.05, 4.69) is 31.0 Å². The van der Waals surface area contributed by atoms with Crippen molar-refractivity contribution < 1.29 is 23.9 Å². The molecule has 0 spiro atoms. The Morgan fingerprint density at radius 3 is 2.50 bits per heavy atom. The monoisotopic (exact) mass is 693 g/mol. The zero-order valence-electron chi connectivity index (χ0n) is 28.0. The van der Waals surface area contributed by atoms with Crippen LogP contribution in [0.2, 0.25) is 5.02 Å². The van der Waals surface area contributed by atoms with Gasteiger partial charge in [0.25, 0.3) is 17.7 Å². The van der Waals surface area contributed by atoms with Crippen molar-refractivity contribution in [2.75, 3.05) is 11.9 Å². The summed E-state index contributed by atoms with van der Waals surface area (Å²) in [7, 11) is 0. The first-order valence-electron chi connectivity index (χ1n) is 16.2. The third-order valence-corrected chi connectivity index (χ3v) is 8.75. The minimum absolute atomic E-state index is 0.00510. The van der Waals surface area contributed by atoms with Crippen molar-refractivity contribution in [2.24, 2.45) is 0 Å². The van der Waals surface area contributed by atoms with Gasteiger partial charge in [0.2, 0.25) is 0 Å². The highest BCUT2D eigenvalue weighted by Crippen LogP contribution is 2.36. The van der Waals surface area contributed by atoms with Gasteiger partial charge >= 0.3 is 5.97 Å². The number of halogens is 1. The number of esters is 1. The molecule has 256 valence electrons. The van der Waals surface area contributed by atoms with Crippen molar-refractivity contribution in [3.05, 3.63) is 123 Å². The molecule has 0 saturated heterocycles. The molecule has 0 unspecified atom stereocenters. The summed E-state index contributed by atoms with van der Waals surface area (Å²) in [6, 6.07) is 15.4. The quantitative estimate of drug-likeness (QED) is 0.166. The lowest BCUT2D eigenvalue weighted by atomic mass is 9.95. The summed E-state index contributed by atoms with van der Waals surface area (Å²) in [6.07, 6.45) is 6.08. The number of carbonyl (C=O) groups is 4. The first-order chi connectivity index (χ1) is 23.9. The van der Waals surface area contributed by atoms with E-state index in [1.54, 1.807) is 48.8 Å². The molecule has 13 heteroatoms. The number of anilines is 1. The van der Waals surface area contributed by atoms with Crippen LogP contribution in [0.15, 0.2) is 73.2 Å². The Labute approximate surface area is 293 Å². The largest absolute Gasteiger partial charge is 0.456 e. The maximum atomic E-state index is 13.8. The molecular formula is C37H36ClN7O5. The molecule has 0 bridgehead atoms. The topological polar surface area (TPSA) is 157 Å². The second-order valence-corrected chi connectivity index (χ2v) is 13.5. The minimum atomic E-state index is -0.609. The summed E-state index contributed by atoms with van der Waals surface area (Å²) in [5.74, 6) is -1.99. The molecule has 0 radical (unpaired) electrons. The smallest absolute Gasteiger partial charge is 0.338 e. The number of pyridine rings is 1. The Morgan fingerprint density at radius 2 is 1.76 bits per heavy atom. The van der Waals surface area contributed by atoms with Gasteiger partial charge in [-0.25, -0.2) is 14.3 Å². The third-order valence-electron chi connectivity index (χ3n) is 8.42. The molecule has 3 amide bonds. The molecule has 3 heterocycles. The first kappa shape index (κ1) is 34.3. The Hall–Kier alpha value is -5.62. The van der Waals surface area contributed by atoms with Gasteiger partial charge in [0.05, 0.1) is 22.5 Å². The van der Waals surface area contributed by atoms with Crippen molar-refractivity contribution in [3.63, 3.8) is 0 Å². The van der Waals surface area contributed by atoms with Crippen molar-refractivity contribution in [1.82, 2.24) is 30.2 Å². The molecule has 0 saturated carbocycles. The Balaban J connectivity index is 1.26. The van der Waals surface area contributed by atoms with Crippen molar-refractivity contribution in [3.8, 4) is 0 Å². The van der Waals surface area contributed by atoms with Crippen LogP contribution < -0.4 is 16.0 Å². The van der Waals surface area contributed by atoms with E-state index in [-0.39, 0.29) is 41.0 Å². The van der Waals surface area contributed by atoms with Crippen molar-refractivity contribution >= 4 is 46.6 Å². The number of nitrogens with one attached hydrogen (secondary N) is 3. The van der Waals surface area contributed by atoms with Crippen LogP contribution in [-0.4, -0.2) is 55.4 Å². The number of carbonyl (C=O) groups excluding carboxylic acids is 4. The van der Waals surface area contributed by atoms with Gasteiger partial charge in [-0.05, 0) is 87.1 Å². The second kappa shape index (κ2) is 14.1. The Kier molecular flexibility index (Phi) is 9.65. The van der Waals surface area contributed by atoms with E-state index < -0.39 is 23.3 Å². The fourth-order valence-electron chi connectivity index (χ4n) is 5.97. The lowest BCUT2D eigenvalue weighted by Crippen LogP contribution is -2.31. The lowest BCUT2D eigenvalue weighted by Gasteiger charge is -2.21. The highest BCUT2D eigenvalue weighted by molar-refractivity contribution is 6.34. The minimum Gasteiger partial charge on any atom is -0.456 e. The zero-order chi connectivity index (χ0) is 35.6. The van der Waals surface area contributed by atoms with Gasteiger partial charge in [-0.3, -0.25) is 19.4 Å². The summed E-state index contributed by atoms with van der Waals surface area (Å²) < 4.78 is 6.84. The number of fused-ring (bicyclic) bond motifs is 2. The second-order valence-electron chi connectivity index (χ2n) is 13.1. The van der Waals surface area contributed by atoms with E-state index in [4.69, 9.17) is 16.3 Å². The van der Waals surface area contributed by atoms with E-state index in [9.17, 15) is 19.2 Å². The molecule has 5 aromatic rings. The number of hydrogen-bond donors (Lipinski definition) is 3. The van der Waals surface area contributed by atoms with Crippen LogP contribution >= 0.6 is 11.6 Å². The van der Waals surface area contributed by atoms with E-state index in [1.165, 1.54) is 16.8 Å². The van der Waals surface area contributed by atoms with Crippen LogP contribution in [0.1, 0.15) is 97.1 Å². The van der Waals surface area contributed by atoms with Gasteiger partial charge in [-0.2, -0.15) is 5.10 Å². The van der Waals surface area contributed by atoms with E-state index in [1.807, 2.05) is 39.8 Å². The van der Waals surface area contributed by atoms with Gasteiger partial charge < -0.3 is 20.7 Å². The molecule has 6 rings (SSSR count). The predicted molar refractivity (Wildman–Crippen MR) is 188 cm³/mol. The molecule has 1 aliphatic rings. The SMILES string of the molecule is Cc1c(C(=O)OC(C)(C)C)ccc2c1CC[C@@H]2CNC(=O)c1cc(C(=O)NCc2cccnc2)nc2c(C(=O)Nc3ccccc3Cl)cnn12. The van der Waals surface area contributed by atoms with Crippen LogP contribution in [0.5, 0.6) is 0 Å². The number of benzene rings is 2. The number of nitrogens with zero attached hydrogens (tertiary/aromatic N) is 4. The van der Waals surface area contributed by atoms with Crippen LogP contribution in [0.3, 0.4) is 0 Å². The van der Waals surface area contributed by atoms with Gasteiger partial charge in [0, 0.05) is 37.5 Å². The standard InChI is InChI=1S/C37H36ClN7O5/c1-21-24-12-11-23(26(24)14-13-25(21)36(49)50-37(2,3)4)19-41-35(48)31-16-30(34(47)40-18-22-8-7-15-39-17-22)43-32-27(20-42-45(31)32)33(46)44-29-10-6-5-9-28(29)38/h5-10,13-17,20,23H,11-12,18-19H2,1-4H3,(H,40,47)(H,41,48)(H,44,46)/t23-/m1/s1. The number of amides is 3. The first-order valence-corrected chi connectivity index (χ1v) is 16.5. The fourth-order valence-corrected chi connectivity index (χ4v) is 6.15. The summed E-state index contributed by atoms with van der Waals surface area (Å²) in [4.78, 5) is 61.9. The van der Waals surface area contributed by atoms with E-state index in [0.29, 0.717) is 22.8 Å². The highest BCUT2D eigenvalue weighted by atomic mass is 35.5. The maximum absolute atomic E-state index is 13.8. The summed E-state index contributed by atoms with van der Waals surface area (Å²) in [6.45, 7) is 7.90. The number of hydrogen-bond acceptors (Lipinski definition) is 8. The molecular weight excluding hydrogens is 658 g/mol. The lowest BCUT2D eigenvalue weighted by molar-refractivity contribution is 0.00682. The van der Waals surface area contributed by atoms with Crippen LogP contribution in [0.25, 0.3) is 5.65 Å². The average molecular weight is 694 g/mol. The summed E-state index contributed by atoms with van der Waals surface area (Å²) in [5, 5.41) is 13.2. The number of ether oxygens (including phenoxy) is 1. The molecule has 1 atom stereocenters. The molecule has 0 fully saturated rings. The number of rotatable bonds is 9.